The van der Waals surface area contributed by atoms with Gasteiger partial charge in [-0.05, 0) is 73.5 Å². The molecule has 3 aromatic rings. The molecule has 0 aliphatic carbocycles. The summed E-state index contributed by atoms with van der Waals surface area (Å²) in [5.41, 5.74) is 3.83. The molecule has 0 heterocycles. The molecular formula is C24H24N2O3S. The Bertz CT molecular complexity index is 1000. The summed E-state index contributed by atoms with van der Waals surface area (Å²) < 4.78 is 5.43. The second kappa shape index (κ2) is 10.5. The van der Waals surface area contributed by atoms with Gasteiger partial charge in [-0.2, -0.15) is 0 Å². The van der Waals surface area contributed by atoms with Crippen molar-refractivity contribution in [2.75, 3.05) is 23.0 Å². The van der Waals surface area contributed by atoms with Crippen LogP contribution in [0.25, 0.3) is 0 Å². The minimum atomic E-state index is -0.230. The number of hydrogen-bond donors (Lipinski definition) is 2. The van der Waals surface area contributed by atoms with Crippen LogP contribution in [-0.2, 0) is 9.59 Å². The molecule has 0 aliphatic heterocycles. The number of amides is 2. The Balaban J connectivity index is 1.43. The molecule has 0 atom stereocenters. The summed E-state index contributed by atoms with van der Waals surface area (Å²) >= 11 is 1.44. The van der Waals surface area contributed by atoms with Crippen LogP contribution < -0.4 is 15.4 Å². The number of thioether (sulfide) groups is 1. The first-order valence-corrected chi connectivity index (χ1v) is 10.6. The number of benzene rings is 3. The van der Waals surface area contributed by atoms with Crippen molar-refractivity contribution >= 4 is 35.0 Å². The van der Waals surface area contributed by atoms with E-state index in [-0.39, 0.29) is 18.4 Å². The monoisotopic (exact) mass is 420 g/mol. The highest BCUT2D eigenvalue weighted by Gasteiger charge is 2.07. The lowest BCUT2D eigenvalue weighted by Crippen LogP contribution is -2.20. The molecule has 154 valence electrons. The van der Waals surface area contributed by atoms with Gasteiger partial charge in [0, 0.05) is 16.3 Å². The van der Waals surface area contributed by atoms with Gasteiger partial charge in [-0.3, -0.25) is 9.59 Å². The highest BCUT2D eigenvalue weighted by atomic mass is 32.2. The van der Waals surface area contributed by atoms with Gasteiger partial charge in [0.15, 0.2) is 6.61 Å². The number of carbonyl (C=O) groups is 2. The molecule has 3 aromatic carbocycles. The standard InChI is InChI=1S/C24H24N2O3S/c1-17-8-9-20(14-18(17)2)26-24(28)16-30-22-12-10-19(11-13-22)25-23(27)15-29-21-6-4-3-5-7-21/h3-14H,15-16H2,1-2H3,(H,25,27)(H,26,28). The van der Waals surface area contributed by atoms with Crippen molar-refractivity contribution in [2.45, 2.75) is 18.7 Å². The Morgan fingerprint density at radius 2 is 1.47 bits per heavy atom. The van der Waals surface area contributed by atoms with Crippen molar-refractivity contribution in [3.8, 4) is 5.75 Å². The summed E-state index contributed by atoms with van der Waals surface area (Å²) in [6.45, 7) is 4.01. The van der Waals surface area contributed by atoms with Crippen molar-refractivity contribution in [3.05, 3.63) is 83.9 Å². The Morgan fingerprint density at radius 3 is 2.17 bits per heavy atom. The predicted octanol–water partition coefficient (Wildman–Crippen LogP) is 5.05. The Morgan fingerprint density at radius 1 is 0.800 bits per heavy atom. The number of anilines is 2. The molecule has 0 fully saturated rings. The Kier molecular flexibility index (Phi) is 7.51. The Hall–Kier alpha value is -3.25. The molecule has 6 heteroatoms. The third kappa shape index (κ3) is 6.67. The summed E-state index contributed by atoms with van der Waals surface area (Å²) in [6.07, 6.45) is 0. The number of ether oxygens (including phenoxy) is 1. The highest BCUT2D eigenvalue weighted by molar-refractivity contribution is 8.00. The van der Waals surface area contributed by atoms with E-state index in [1.165, 1.54) is 17.3 Å². The third-order valence-electron chi connectivity index (χ3n) is 4.41. The fourth-order valence-electron chi connectivity index (χ4n) is 2.66. The zero-order valence-electron chi connectivity index (χ0n) is 17.0. The SMILES string of the molecule is Cc1ccc(NC(=O)CSc2ccc(NC(=O)COc3ccccc3)cc2)cc1C. The van der Waals surface area contributed by atoms with Crippen molar-refractivity contribution < 1.29 is 14.3 Å². The smallest absolute Gasteiger partial charge is 0.262 e. The molecule has 30 heavy (non-hydrogen) atoms. The second-order valence-electron chi connectivity index (χ2n) is 6.81. The van der Waals surface area contributed by atoms with Gasteiger partial charge in [0.05, 0.1) is 5.75 Å². The number of aryl methyl sites for hydroxylation is 2. The van der Waals surface area contributed by atoms with Crippen molar-refractivity contribution in [1.29, 1.82) is 0 Å². The average molecular weight is 421 g/mol. The average Bonchev–Trinajstić information content (AvgIpc) is 2.75. The third-order valence-corrected chi connectivity index (χ3v) is 5.42. The molecule has 3 rings (SSSR count). The predicted molar refractivity (Wildman–Crippen MR) is 122 cm³/mol. The lowest BCUT2D eigenvalue weighted by Gasteiger charge is -2.09. The van der Waals surface area contributed by atoms with E-state index in [1.54, 1.807) is 12.1 Å². The maximum Gasteiger partial charge on any atom is 0.262 e. The minimum absolute atomic E-state index is 0.0564. The Labute approximate surface area is 180 Å². The van der Waals surface area contributed by atoms with E-state index in [4.69, 9.17) is 4.74 Å². The number of para-hydroxylation sites is 1. The van der Waals surface area contributed by atoms with Crippen LogP contribution in [0.15, 0.2) is 77.7 Å². The molecule has 2 amide bonds. The largest absolute Gasteiger partial charge is 0.484 e. The number of hydrogen-bond acceptors (Lipinski definition) is 4. The summed E-state index contributed by atoms with van der Waals surface area (Å²) in [7, 11) is 0. The van der Waals surface area contributed by atoms with Crippen LogP contribution in [0.5, 0.6) is 5.75 Å². The molecule has 0 aliphatic rings. The normalized spacial score (nSPS) is 10.3. The summed E-state index contributed by atoms with van der Waals surface area (Å²) in [6, 6.07) is 22.4. The van der Waals surface area contributed by atoms with Crippen LogP contribution in [0.2, 0.25) is 0 Å². The maximum absolute atomic E-state index is 12.2. The van der Waals surface area contributed by atoms with Crippen LogP contribution in [0, 0.1) is 13.8 Å². The maximum atomic E-state index is 12.2. The fourth-order valence-corrected chi connectivity index (χ4v) is 3.36. The van der Waals surface area contributed by atoms with Crippen LogP contribution in [0.1, 0.15) is 11.1 Å². The van der Waals surface area contributed by atoms with E-state index in [1.807, 2.05) is 74.5 Å². The zero-order valence-corrected chi connectivity index (χ0v) is 17.8. The first kappa shape index (κ1) is 21.5. The van der Waals surface area contributed by atoms with Gasteiger partial charge in [0.2, 0.25) is 5.91 Å². The highest BCUT2D eigenvalue weighted by Crippen LogP contribution is 2.21. The minimum Gasteiger partial charge on any atom is -0.484 e. The van der Waals surface area contributed by atoms with Gasteiger partial charge in [0.25, 0.3) is 5.91 Å². The number of carbonyl (C=O) groups excluding carboxylic acids is 2. The quantitative estimate of drug-likeness (QED) is 0.500. The molecule has 0 unspecified atom stereocenters. The van der Waals surface area contributed by atoms with Gasteiger partial charge in [-0.25, -0.2) is 0 Å². The summed E-state index contributed by atoms with van der Waals surface area (Å²) in [5, 5.41) is 5.71. The summed E-state index contributed by atoms with van der Waals surface area (Å²) in [5.74, 6) is 0.674. The van der Waals surface area contributed by atoms with E-state index >= 15 is 0 Å². The van der Waals surface area contributed by atoms with Gasteiger partial charge in [-0.15, -0.1) is 11.8 Å². The van der Waals surface area contributed by atoms with Crippen molar-refractivity contribution in [3.63, 3.8) is 0 Å². The van der Waals surface area contributed by atoms with Gasteiger partial charge in [0.1, 0.15) is 5.75 Å². The van der Waals surface area contributed by atoms with E-state index in [2.05, 4.69) is 10.6 Å². The topological polar surface area (TPSA) is 67.4 Å². The molecular weight excluding hydrogens is 396 g/mol. The molecule has 5 nitrogen and oxygen atoms in total. The second-order valence-corrected chi connectivity index (χ2v) is 7.86. The first-order valence-electron chi connectivity index (χ1n) is 9.57. The van der Waals surface area contributed by atoms with E-state index in [0.29, 0.717) is 17.2 Å². The van der Waals surface area contributed by atoms with Crippen LogP contribution in [0.4, 0.5) is 11.4 Å². The molecule has 0 bridgehead atoms. The van der Waals surface area contributed by atoms with Gasteiger partial charge in [-0.1, -0.05) is 24.3 Å². The molecule has 0 radical (unpaired) electrons. The van der Waals surface area contributed by atoms with Crippen LogP contribution in [0.3, 0.4) is 0 Å². The van der Waals surface area contributed by atoms with Crippen LogP contribution >= 0.6 is 11.8 Å². The van der Waals surface area contributed by atoms with Crippen LogP contribution in [-0.4, -0.2) is 24.2 Å². The van der Waals surface area contributed by atoms with E-state index < -0.39 is 0 Å². The molecule has 0 saturated heterocycles. The molecule has 2 N–H and O–H groups in total. The number of rotatable bonds is 8. The van der Waals surface area contributed by atoms with Crippen molar-refractivity contribution in [1.82, 2.24) is 0 Å². The molecule has 0 saturated carbocycles. The first-order chi connectivity index (χ1) is 14.5. The van der Waals surface area contributed by atoms with Crippen molar-refractivity contribution in [2.24, 2.45) is 0 Å². The lowest BCUT2D eigenvalue weighted by atomic mass is 10.1. The fraction of sp³-hybridized carbons (Fsp3) is 0.167. The van der Waals surface area contributed by atoms with Gasteiger partial charge >= 0.3 is 0 Å². The lowest BCUT2D eigenvalue weighted by molar-refractivity contribution is -0.118. The molecule has 0 spiro atoms. The molecule has 0 aromatic heterocycles. The van der Waals surface area contributed by atoms with E-state index in [0.717, 1.165) is 16.1 Å². The van der Waals surface area contributed by atoms with E-state index in [9.17, 15) is 9.59 Å². The van der Waals surface area contributed by atoms with Gasteiger partial charge < -0.3 is 15.4 Å². The number of nitrogens with one attached hydrogen (secondary N) is 2. The zero-order chi connectivity index (χ0) is 21.3. The summed E-state index contributed by atoms with van der Waals surface area (Å²) in [4.78, 5) is 25.1.